The van der Waals surface area contributed by atoms with Gasteiger partial charge in [-0.15, -0.1) is 0 Å². The molecule has 9 aromatic carbocycles. The highest BCUT2D eigenvalue weighted by atomic mass is 16.3. The summed E-state index contributed by atoms with van der Waals surface area (Å²) in [5.41, 5.74) is 9.15. The highest BCUT2D eigenvalue weighted by Crippen LogP contribution is 2.49. The van der Waals surface area contributed by atoms with E-state index in [9.17, 15) is 0 Å². The first-order valence-corrected chi connectivity index (χ1v) is 16.8. The lowest BCUT2D eigenvalue weighted by atomic mass is 9.85. The first-order valence-electron chi connectivity index (χ1n) is 16.8. The van der Waals surface area contributed by atoms with Crippen LogP contribution in [-0.2, 0) is 0 Å². The van der Waals surface area contributed by atoms with Gasteiger partial charge in [-0.1, -0.05) is 158 Å². The molecule has 1 heterocycles. The molecule has 0 N–H and O–H groups in total. The van der Waals surface area contributed by atoms with Crippen molar-refractivity contribution in [1.29, 1.82) is 0 Å². The molecule has 1 aromatic heterocycles. The third kappa shape index (κ3) is 4.47. The van der Waals surface area contributed by atoms with Gasteiger partial charge in [0, 0.05) is 16.5 Å². The second-order valence-corrected chi connectivity index (χ2v) is 12.9. The monoisotopic (exact) mass is 622 g/mol. The fourth-order valence-electron chi connectivity index (χ4n) is 7.76. The van der Waals surface area contributed by atoms with Gasteiger partial charge in [0.1, 0.15) is 11.3 Å². The molecule has 0 amide bonds. The van der Waals surface area contributed by atoms with Crippen molar-refractivity contribution in [2.45, 2.75) is 0 Å². The van der Waals surface area contributed by atoms with Gasteiger partial charge < -0.3 is 4.42 Å². The van der Waals surface area contributed by atoms with Gasteiger partial charge in [-0.25, -0.2) is 0 Å². The van der Waals surface area contributed by atoms with Crippen molar-refractivity contribution >= 4 is 54.1 Å². The zero-order valence-electron chi connectivity index (χ0n) is 26.7. The molecule has 0 saturated carbocycles. The summed E-state index contributed by atoms with van der Waals surface area (Å²) >= 11 is 0. The van der Waals surface area contributed by atoms with Crippen LogP contribution in [0.15, 0.2) is 186 Å². The number of rotatable bonds is 4. The van der Waals surface area contributed by atoms with Crippen molar-refractivity contribution < 1.29 is 4.42 Å². The van der Waals surface area contributed by atoms with E-state index in [4.69, 9.17) is 4.42 Å². The van der Waals surface area contributed by atoms with E-state index in [0.717, 1.165) is 33.4 Å². The molecule has 10 aromatic rings. The Morgan fingerprint density at radius 1 is 0.265 bits per heavy atom. The Kier molecular flexibility index (Phi) is 6.25. The predicted molar refractivity (Wildman–Crippen MR) is 208 cm³/mol. The Morgan fingerprint density at radius 2 is 0.776 bits per heavy atom. The van der Waals surface area contributed by atoms with Crippen LogP contribution in [0.2, 0.25) is 0 Å². The van der Waals surface area contributed by atoms with Gasteiger partial charge in [0.15, 0.2) is 0 Å². The molecular weight excluding hydrogens is 593 g/mol. The molecular formula is C48H30O. The Morgan fingerprint density at radius 3 is 1.47 bits per heavy atom. The average molecular weight is 623 g/mol. The molecule has 0 aliphatic carbocycles. The van der Waals surface area contributed by atoms with Crippen LogP contribution in [-0.4, -0.2) is 0 Å². The summed E-state index contributed by atoms with van der Waals surface area (Å²) < 4.78 is 7.02. The predicted octanol–water partition coefficient (Wildman–Crippen LogP) is 13.7. The molecule has 49 heavy (non-hydrogen) atoms. The molecule has 10 rings (SSSR count). The van der Waals surface area contributed by atoms with E-state index < -0.39 is 0 Å². The lowest BCUT2D eigenvalue weighted by Gasteiger charge is -2.18. The van der Waals surface area contributed by atoms with Crippen LogP contribution < -0.4 is 0 Å². The largest absolute Gasteiger partial charge is 0.455 e. The van der Waals surface area contributed by atoms with E-state index in [1.807, 2.05) is 0 Å². The highest BCUT2D eigenvalue weighted by Gasteiger charge is 2.24. The van der Waals surface area contributed by atoms with Gasteiger partial charge in [0.25, 0.3) is 0 Å². The third-order valence-corrected chi connectivity index (χ3v) is 10.0. The third-order valence-electron chi connectivity index (χ3n) is 10.0. The number of hydrogen-bond donors (Lipinski definition) is 0. The van der Waals surface area contributed by atoms with Crippen molar-refractivity contribution in [1.82, 2.24) is 0 Å². The molecule has 1 nitrogen and oxygen atoms in total. The summed E-state index contributed by atoms with van der Waals surface area (Å²) in [6.45, 7) is 0. The topological polar surface area (TPSA) is 13.1 Å². The number of furan rings is 1. The summed E-state index contributed by atoms with van der Waals surface area (Å²) in [6, 6.07) is 65.7. The zero-order chi connectivity index (χ0) is 32.3. The standard InChI is InChI=1S/C48H30O/c1-2-14-32(15-3-1)46-43-29-35-17-6-7-18-36(35)30-44(43)49-48(46)47-41-23-10-8-21-39(41)45(40-22-9-11-24-42(40)47)38-20-12-19-34(28-38)37-26-25-31-13-4-5-16-33(31)27-37/h1-30H. The van der Waals surface area contributed by atoms with Crippen LogP contribution in [0.3, 0.4) is 0 Å². The van der Waals surface area contributed by atoms with Crippen LogP contribution >= 0.6 is 0 Å². The number of hydrogen-bond acceptors (Lipinski definition) is 1. The normalized spacial score (nSPS) is 11.7. The highest BCUT2D eigenvalue weighted by molar-refractivity contribution is 6.23. The van der Waals surface area contributed by atoms with Crippen molar-refractivity contribution in [3.8, 4) is 44.7 Å². The van der Waals surface area contributed by atoms with Crippen LogP contribution in [0.5, 0.6) is 0 Å². The molecule has 1 heteroatoms. The van der Waals surface area contributed by atoms with Crippen molar-refractivity contribution in [3.63, 3.8) is 0 Å². The van der Waals surface area contributed by atoms with Crippen LogP contribution in [0.4, 0.5) is 0 Å². The maximum Gasteiger partial charge on any atom is 0.144 e. The molecule has 0 saturated heterocycles. The Bertz CT molecular complexity index is 2820. The first kappa shape index (κ1) is 27.7. The maximum absolute atomic E-state index is 7.02. The van der Waals surface area contributed by atoms with Crippen molar-refractivity contribution in [3.05, 3.63) is 182 Å². The minimum Gasteiger partial charge on any atom is -0.455 e. The maximum atomic E-state index is 7.02. The number of fused-ring (bicyclic) bond motifs is 5. The summed E-state index contributed by atoms with van der Waals surface area (Å²) in [7, 11) is 0. The van der Waals surface area contributed by atoms with Crippen molar-refractivity contribution in [2.75, 3.05) is 0 Å². The van der Waals surface area contributed by atoms with Gasteiger partial charge in [-0.3, -0.25) is 0 Å². The Hall–Kier alpha value is -6.44. The summed E-state index contributed by atoms with van der Waals surface area (Å²) in [6.07, 6.45) is 0. The Balaban J connectivity index is 1.27. The lowest BCUT2D eigenvalue weighted by molar-refractivity contribution is 0.634. The van der Waals surface area contributed by atoms with Gasteiger partial charge in [0.2, 0.25) is 0 Å². The molecule has 0 spiro atoms. The summed E-state index contributed by atoms with van der Waals surface area (Å²) in [4.78, 5) is 0. The lowest BCUT2D eigenvalue weighted by Crippen LogP contribution is -1.91. The minimum atomic E-state index is 0.896. The van der Waals surface area contributed by atoms with E-state index in [-0.39, 0.29) is 0 Å². The van der Waals surface area contributed by atoms with Gasteiger partial charge in [-0.2, -0.15) is 0 Å². The van der Waals surface area contributed by atoms with E-state index in [1.165, 1.54) is 65.3 Å². The molecule has 0 fully saturated rings. The second kappa shape index (κ2) is 11.1. The fourth-order valence-corrected chi connectivity index (χ4v) is 7.76. The number of benzene rings is 9. The molecule has 0 aliphatic rings. The molecule has 0 aliphatic heterocycles. The Labute approximate surface area is 284 Å². The van der Waals surface area contributed by atoms with Gasteiger partial charge in [-0.05, 0) is 95.2 Å². The van der Waals surface area contributed by atoms with Crippen molar-refractivity contribution in [2.24, 2.45) is 0 Å². The van der Waals surface area contributed by atoms with E-state index >= 15 is 0 Å². The molecule has 0 unspecified atom stereocenters. The smallest absolute Gasteiger partial charge is 0.144 e. The van der Waals surface area contributed by atoms with Crippen LogP contribution in [0.1, 0.15) is 0 Å². The average Bonchev–Trinajstić information content (AvgIpc) is 3.53. The summed E-state index contributed by atoms with van der Waals surface area (Å²) in [5.74, 6) is 0.903. The molecule has 0 atom stereocenters. The second-order valence-electron chi connectivity index (χ2n) is 12.9. The fraction of sp³-hybridized carbons (Fsp3) is 0. The first-order chi connectivity index (χ1) is 24.3. The SMILES string of the molecule is c1ccc(-c2c(-c3c4ccccc4c(-c4cccc(-c5ccc6ccccc6c5)c4)c4ccccc34)oc3cc4ccccc4cc23)cc1. The van der Waals surface area contributed by atoms with Crippen LogP contribution in [0, 0.1) is 0 Å². The van der Waals surface area contributed by atoms with Gasteiger partial charge >= 0.3 is 0 Å². The molecule has 0 bridgehead atoms. The molecule has 228 valence electrons. The van der Waals surface area contributed by atoms with Gasteiger partial charge in [0.05, 0.1) is 0 Å². The quantitative estimate of drug-likeness (QED) is 0.178. The minimum absolute atomic E-state index is 0.896. The zero-order valence-corrected chi connectivity index (χ0v) is 26.7. The van der Waals surface area contributed by atoms with Crippen LogP contribution in [0.25, 0.3) is 98.8 Å². The molecule has 0 radical (unpaired) electrons. The van der Waals surface area contributed by atoms with E-state index in [2.05, 4.69) is 182 Å². The van der Waals surface area contributed by atoms with E-state index in [0.29, 0.717) is 0 Å². The summed E-state index contributed by atoms with van der Waals surface area (Å²) in [5, 5.41) is 10.8. The van der Waals surface area contributed by atoms with E-state index in [1.54, 1.807) is 0 Å².